The van der Waals surface area contributed by atoms with Gasteiger partial charge in [-0.2, -0.15) is 4.98 Å². The SMILES string of the molecule is C=Cc1cn2c(nc1=O)[C@H](C)N=C(c1c(F)cccc1F)c1c-2ccc(Cl)c1Cl. The lowest BCUT2D eigenvalue weighted by Gasteiger charge is -2.17. The van der Waals surface area contributed by atoms with Crippen molar-refractivity contribution in [1.29, 1.82) is 0 Å². The van der Waals surface area contributed by atoms with Crippen molar-refractivity contribution in [2.45, 2.75) is 13.0 Å². The van der Waals surface area contributed by atoms with Crippen molar-refractivity contribution in [3.63, 3.8) is 0 Å². The van der Waals surface area contributed by atoms with Crippen LogP contribution in [0.25, 0.3) is 11.8 Å². The Kier molecular flexibility index (Phi) is 4.84. The number of hydrogen-bond acceptors (Lipinski definition) is 3. The fourth-order valence-electron chi connectivity index (χ4n) is 3.31. The lowest BCUT2D eigenvalue weighted by Crippen LogP contribution is -2.20. The molecule has 0 amide bonds. The second kappa shape index (κ2) is 7.21. The molecule has 0 saturated carbocycles. The first-order valence-corrected chi connectivity index (χ1v) is 9.36. The molecule has 0 aliphatic carbocycles. The number of fused-ring (bicyclic) bond motifs is 3. The fraction of sp³-hybridized carbons (Fsp3) is 0.0952. The first-order valence-electron chi connectivity index (χ1n) is 8.60. The summed E-state index contributed by atoms with van der Waals surface area (Å²) in [5, 5.41) is 0.286. The number of hydrogen-bond donors (Lipinski definition) is 0. The highest BCUT2D eigenvalue weighted by Crippen LogP contribution is 2.37. The summed E-state index contributed by atoms with van der Waals surface area (Å²) in [6.07, 6.45) is 2.93. The van der Waals surface area contributed by atoms with Gasteiger partial charge in [-0.1, -0.05) is 41.9 Å². The molecule has 0 radical (unpaired) electrons. The molecule has 1 aliphatic heterocycles. The van der Waals surface area contributed by atoms with Crippen molar-refractivity contribution in [2.24, 2.45) is 4.99 Å². The zero-order chi connectivity index (χ0) is 20.9. The van der Waals surface area contributed by atoms with Gasteiger partial charge in [-0.25, -0.2) is 8.78 Å². The molecule has 3 aromatic rings. The highest BCUT2D eigenvalue weighted by molar-refractivity contribution is 6.45. The van der Waals surface area contributed by atoms with Crippen molar-refractivity contribution in [3.8, 4) is 5.69 Å². The minimum atomic E-state index is -0.793. The Bertz CT molecular complexity index is 1250. The van der Waals surface area contributed by atoms with Gasteiger partial charge in [0.25, 0.3) is 5.56 Å². The van der Waals surface area contributed by atoms with Crippen LogP contribution < -0.4 is 5.56 Å². The minimum Gasteiger partial charge on any atom is -0.302 e. The maximum absolute atomic E-state index is 14.7. The Hall–Kier alpha value is -2.83. The van der Waals surface area contributed by atoms with E-state index in [4.69, 9.17) is 23.2 Å². The molecule has 2 aromatic carbocycles. The van der Waals surface area contributed by atoms with Crippen molar-refractivity contribution < 1.29 is 8.78 Å². The molecule has 0 N–H and O–H groups in total. The summed E-state index contributed by atoms with van der Waals surface area (Å²) in [6.45, 7) is 5.30. The van der Waals surface area contributed by atoms with Crippen LogP contribution in [-0.4, -0.2) is 15.3 Å². The van der Waals surface area contributed by atoms with Gasteiger partial charge < -0.3 is 4.57 Å². The molecule has 1 atom stereocenters. The Morgan fingerprint density at radius 2 is 1.83 bits per heavy atom. The number of halogens is 4. The number of nitrogens with zero attached hydrogens (tertiary/aromatic N) is 3. The van der Waals surface area contributed by atoms with Crippen LogP contribution in [0.4, 0.5) is 8.78 Å². The second-order valence-corrected chi connectivity index (χ2v) is 7.22. The number of benzene rings is 2. The summed E-state index contributed by atoms with van der Waals surface area (Å²) in [5.74, 6) is -1.29. The van der Waals surface area contributed by atoms with E-state index in [-0.39, 0.29) is 32.4 Å². The molecular formula is C21H13Cl2F2N3O. The van der Waals surface area contributed by atoms with Crippen molar-refractivity contribution in [3.05, 3.63) is 97.7 Å². The third kappa shape index (κ3) is 3.09. The molecule has 0 fully saturated rings. The summed E-state index contributed by atoms with van der Waals surface area (Å²) in [6, 6.07) is 6.04. The molecule has 4 nitrogen and oxygen atoms in total. The Balaban J connectivity index is 2.16. The molecule has 8 heteroatoms. The minimum absolute atomic E-state index is 0.00583. The molecular weight excluding hydrogens is 419 g/mol. The monoisotopic (exact) mass is 431 g/mol. The van der Waals surface area contributed by atoms with Crippen LogP contribution in [0.1, 0.15) is 35.5 Å². The largest absolute Gasteiger partial charge is 0.302 e. The van der Waals surface area contributed by atoms with Crippen molar-refractivity contribution in [2.75, 3.05) is 0 Å². The van der Waals surface area contributed by atoms with Crippen LogP contribution in [0, 0.1) is 11.6 Å². The van der Waals surface area contributed by atoms with Crippen LogP contribution >= 0.6 is 23.2 Å². The first kappa shape index (κ1) is 19.5. The molecule has 1 aromatic heterocycles. The van der Waals surface area contributed by atoms with Crippen molar-refractivity contribution in [1.82, 2.24) is 9.55 Å². The van der Waals surface area contributed by atoms with Gasteiger partial charge in [-0.05, 0) is 31.2 Å². The molecule has 1 aliphatic rings. The van der Waals surface area contributed by atoms with E-state index in [1.807, 2.05) is 0 Å². The van der Waals surface area contributed by atoms with E-state index in [0.29, 0.717) is 11.5 Å². The van der Waals surface area contributed by atoms with Gasteiger partial charge in [-0.15, -0.1) is 0 Å². The van der Waals surface area contributed by atoms with Gasteiger partial charge in [0.15, 0.2) is 0 Å². The summed E-state index contributed by atoms with van der Waals surface area (Å²) < 4.78 is 30.9. The molecule has 0 bridgehead atoms. The summed E-state index contributed by atoms with van der Waals surface area (Å²) in [4.78, 5) is 20.9. The standard InChI is InChI=1S/C21H13Cl2F2N3O/c1-3-11-9-28-15-8-7-12(22)18(23)17(15)19(16-13(24)5-4-6-14(16)25)26-10(2)20(28)27-21(11)29/h3-10H,1H2,2H3/t10-/m0/s1. The average molecular weight is 432 g/mol. The van der Waals surface area contributed by atoms with E-state index < -0.39 is 23.2 Å². The lowest BCUT2D eigenvalue weighted by molar-refractivity contribution is 0.578. The Morgan fingerprint density at radius 1 is 1.14 bits per heavy atom. The molecule has 4 rings (SSSR count). The van der Waals surface area contributed by atoms with E-state index in [9.17, 15) is 13.6 Å². The highest BCUT2D eigenvalue weighted by atomic mass is 35.5. The van der Waals surface area contributed by atoms with Gasteiger partial charge in [0, 0.05) is 11.8 Å². The maximum atomic E-state index is 14.7. The van der Waals surface area contributed by atoms with Crippen LogP contribution in [0.15, 0.2) is 52.9 Å². The van der Waals surface area contributed by atoms with Crippen LogP contribution in [0.2, 0.25) is 10.0 Å². The molecule has 2 heterocycles. The fourth-order valence-corrected chi connectivity index (χ4v) is 3.71. The molecule has 0 saturated heterocycles. The predicted molar refractivity (Wildman–Crippen MR) is 110 cm³/mol. The third-order valence-corrected chi connectivity index (χ3v) is 5.47. The van der Waals surface area contributed by atoms with Crippen LogP contribution in [0.5, 0.6) is 0 Å². The van der Waals surface area contributed by atoms with Crippen LogP contribution in [-0.2, 0) is 0 Å². The average Bonchev–Trinajstić information content (AvgIpc) is 2.79. The molecule has 0 spiro atoms. The third-order valence-electron chi connectivity index (χ3n) is 4.66. The quantitative estimate of drug-likeness (QED) is 0.547. The van der Waals surface area contributed by atoms with E-state index >= 15 is 0 Å². The van der Waals surface area contributed by atoms with Gasteiger partial charge in [0.2, 0.25) is 0 Å². The van der Waals surface area contributed by atoms with Gasteiger partial charge in [0.05, 0.1) is 32.6 Å². The Labute approximate surface area is 174 Å². The summed E-state index contributed by atoms with van der Waals surface area (Å²) >= 11 is 12.7. The van der Waals surface area contributed by atoms with E-state index in [1.54, 1.807) is 29.8 Å². The smallest absolute Gasteiger partial charge is 0.280 e. The maximum Gasteiger partial charge on any atom is 0.280 e. The normalized spacial score (nSPS) is 15.2. The van der Waals surface area contributed by atoms with Gasteiger partial charge in [0.1, 0.15) is 23.5 Å². The molecule has 0 unspecified atom stereocenters. The highest BCUT2D eigenvalue weighted by Gasteiger charge is 2.29. The number of aliphatic imine (C=N–C) groups is 1. The second-order valence-electron chi connectivity index (χ2n) is 6.44. The molecule has 29 heavy (non-hydrogen) atoms. The number of rotatable bonds is 2. The van der Waals surface area contributed by atoms with E-state index in [0.717, 1.165) is 12.1 Å². The predicted octanol–water partition coefficient (Wildman–Crippen LogP) is 5.37. The zero-order valence-corrected chi connectivity index (χ0v) is 16.6. The van der Waals surface area contributed by atoms with E-state index in [2.05, 4.69) is 16.6 Å². The first-order chi connectivity index (χ1) is 13.8. The van der Waals surface area contributed by atoms with E-state index in [1.165, 1.54) is 12.1 Å². The van der Waals surface area contributed by atoms with Gasteiger partial charge >= 0.3 is 0 Å². The van der Waals surface area contributed by atoms with Crippen LogP contribution in [0.3, 0.4) is 0 Å². The molecule has 146 valence electrons. The lowest BCUT2D eigenvalue weighted by atomic mass is 9.99. The summed E-state index contributed by atoms with van der Waals surface area (Å²) in [7, 11) is 0. The zero-order valence-electron chi connectivity index (χ0n) is 15.1. The number of aromatic nitrogens is 2. The topological polar surface area (TPSA) is 47.2 Å². The Morgan fingerprint density at radius 3 is 2.48 bits per heavy atom. The van der Waals surface area contributed by atoms with Gasteiger partial charge in [-0.3, -0.25) is 9.79 Å². The van der Waals surface area contributed by atoms with Crippen molar-refractivity contribution >= 4 is 35.0 Å². The summed E-state index contributed by atoms with van der Waals surface area (Å²) in [5.41, 5.74) is 0.136.